The minimum atomic E-state index is -0.745. The number of fused-ring (bicyclic) bond motifs is 2. The van der Waals surface area contributed by atoms with Crippen LogP contribution in [0.3, 0.4) is 0 Å². The van der Waals surface area contributed by atoms with Gasteiger partial charge < -0.3 is 4.90 Å². The fourth-order valence-electron chi connectivity index (χ4n) is 4.38. The van der Waals surface area contributed by atoms with E-state index >= 15 is 0 Å². The van der Waals surface area contributed by atoms with Crippen molar-refractivity contribution in [1.82, 2.24) is 29.3 Å². The molecule has 9 heteroatoms. The highest BCUT2D eigenvalue weighted by Gasteiger charge is 2.35. The van der Waals surface area contributed by atoms with Crippen molar-refractivity contribution in [2.45, 2.75) is 38.8 Å². The number of hydrogen-bond acceptors (Lipinski definition) is 5. The highest BCUT2D eigenvalue weighted by molar-refractivity contribution is 5.83. The monoisotopic (exact) mass is 418 g/mol. The molecule has 0 bridgehead atoms. The molecule has 1 amide bonds. The van der Waals surface area contributed by atoms with E-state index in [1.54, 1.807) is 37.1 Å². The topological polar surface area (TPSA) is 105 Å². The first-order chi connectivity index (χ1) is 14.9. The van der Waals surface area contributed by atoms with Gasteiger partial charge in [0.05, 0.1) is 23.3 Å². The van der Waals surface area contributed by atoms with Gasteiger partial charge in [-0.2, -0.15) is 5.10 Å². The van der Waals surface area contributed by atoms with E-state index in [9.17, 15) is 14.4 Å². The van der Waals surface area contributed by atoms with Crippen LogP contribution in [0.4, 0.5) is 0 Å². The number of aromatic amines is 1. The Balaban J connectivity index is 1.49. The van der Waals surface area contributed by atoms with Crippen molar-refractivity contribution in [3.8, 4) is 0 Å². The van der Waals surface area contributed by atoms with Crippen molar-refractivity contribution < 1.29 is 4.79 Å². The number of H-pyrrole nitrogens is 1. The van der Waals surface area contributed by atoms with E-state index in [-0.39, 0.29) is 23.1 Å². The molecule has 3 aromatic heterocycles. The van der Waals surface area contributed by atoms with E-state index in [4.69, 9.17) is 0 Å². The highest BCUT2D eigenvalue weighted by atomic mass is 16.2. The minimum absolute atomic E-state index is 0.178. The smallest absolute Gasteiger partial charge is 0.275 e. The number of aryl methyl sites for hydroxylation is 1. The van der Waals surface area contributed by atoms with Gasteiger partial charge in [-0.25, -0.2) is 14.2 Å². The van der Waals surface area contributed by atoms with Gasteiger partial charge in [0.1, 0.15) is 6.04 Å². The minimum Gasteiger partial charge on any atom is -0.332 e. The van der Waals surface area contributed by atoms with Crippen molar-refractivity contribution in [2.75, 3.05) is 6.54 Å². The van der Waals surface area contributed by atoms with E-state index in [0.29, 0.717) is 23.3 Å². The predicted molar refractivity (Wildman–Crippen MR) is 115 cm³/mol. The molecule has 1 aliphatic heterocycles. The number of carbonyl (C=O) groups excluding carboxylic acids is 1. The number of aromatic nitrogens is 5. The Morgan fingerprint density at radius 2 is 2.03 bits per heavy atom. The van der Waals surface area contributed by atoms with E-state index in [0.717, 1.165) is 23.9 Å². The summed E-state index contributed by atoms with van der Waals surface area (Å²) in [5.41, 5.74) is 1.45. The molecule has 1 aliphatic rings. The van der Waals surface area contributed by atoms with Crippen LogP contribution in [0.2, 0.25) is 0 Å². The predicted octanol–water partition coefficient (Wildman–Crippen LogP) is 1.97. The summed E-state index contributed by atoms with van der Waals surface area (Å²) < 4.78 is 2.64. The molecule has 1 saturated heterocycles. The normalized spacial score (nSPS) is 17.5. The van der Waals surface area contributed by atoms with Crippen molar-refractivity contribution in [3.63, 3.8) is 0 Å². The Morgan fingerprint density at radius 1 is 1.23 bits per heavy atom. The Morgan fingerprint density at radius 3 is 2.87 bits per heavy atom. The lowest BCUT2D eigenvalue weighted by Crippen LogP contribution is -2.40. The van der Waals surface area contributed by atoms with Gasteiger partial charge in [-0.05, 0) is 32.8 Å². The molecule has 5 rings (SSSR count). The first-order valence-corrected chi connectivity index (χ1v) is 10.3. The number of nitrogens with zero attached hydrogens (tertiary/aromatic N) is 5. The van der Waals surface area contributed by atoms with E-state index in [1.807, 2.05) is 18.2 Å². The molecule has 1 aromatic carbocycles. The van der Waals surface area contributed by atoms with Crippen LogP contribution in [0.5, 0.6) is 0 Å². The van der Waals surface area contributed by atoms with Crippen molar-refractivity contribution in [3.05, 3.63) is 74.7 Å². The van der Waals surface area contributed by atoms with Crippen molar-refractivity contribution in [1.29, 1.82) is 0 Å². The Hall–Kier alpha value is -3.75. The molecule has 158 valence electrons. The van der Waals surface area contributed by atoms with Crippen molar-refractivity contribution >= 4 is 22.3 Å². The highest BCUT2D eigenvalue weighted by Crippen LogP contribution is 2.33. The van der Waals surface area contributed by atoms with E-state index in [2.05, 4.69) is 15.2 Å². The molecule has 0 radical (unpaired) electrons. The largest absolute Gasteiger partial charge is 0.332 e. The van der Waals surface area contributed by atoms with Crippen LogP contribution in [0.15, 0.2) is 52.2 Å². The molecule has 0 aliphatic carbocycles. The molecule has 9 nitrogen and oxygen atoms in total. The maximum absolute atomic E-state index is 13.4. The van der Waals surface area contributed by atoms with Gasteiger partial charge in [-0.1, -0.05) is 18.2 Å². The lowest BCUT2D eigenvalue weighted by Gasteiger charge is -2.27. The molecule has 0 spiro atoms. The Bertz CT molecular complexity index is 1430. The van der Waals surface area contributed by atoms with Gasteiger partial charge in [0.25, 0.3) is 11.1 Å². The third kappa shape index (κ3) is 3.13. The third-order valence-corrected chi connectivity index (χ3v) is 5.94. The molecule has 1 N–H and O–H groups in total. The van der Waals surface area contributed by atoms with Crippen LogP contribution < -0.4 is 11.1 Å². The summed E-state index contributed by atoms with van der Waals surface area (Å²) in [4.78, 5) is 44.7. The lowest BCUT2D eigenvalue weighted by atomic mass is 10.1. The summed E-state index contributed by atoms with van der Waals surface area (Å²) in [5.74, 6) is -0.178. The molecule has 0 unspecified atom stereocenters. The van der Waals surface area contributed by atoms with E-state index < -0.39 is 6.04 Å². The second kappa shape index (κ2) is 7.19. The maximum Gasteiger partial charge on any atom is 0.275 e. The van der Waals surface area contributed by atoms with Crippen LogP contribution in [0.25, 0.3) is 16.4 Å². The van der Waals surface area contributed by atoms with Gasteiger partial charge in [0.2, 0.25) is 5.91 Å². The zero-order valence-electron chi connectivity index (χ0n) is 17.3. The number of hydrogen-bond donors (Lipinski definition) is 1. The third-order valence-electron chi connectivity index (χ3n) is 5.94. The van der Waals surface area contributed by atoms with Crippen molar-refractivity contribution in [2.24, 2.45) is 0 Å². The standard InChI is InChI=1S/C22H22N6O3/c1-13-10-20(29)28-19(24-13)11-17(25-28)18-8-5-9-26(18)21(30)14(2)27-22(31)16-7-4-3-6-15(16)12-23-27/h3-4,6-7,10-12,14,18,25H,5,8-9H2,1-2H3/t14-,18+/m0/s1. The van der Waals surface area contributed by atoms with Crippen LogP contribution in [-0.4, -0.2) is 41.7 Å². The van der Waals surface area contributed by atoms with Gasteiger partial charge >= 0.3 is 0 Å². The van der Waals surface area contributed by atoms with Crippen LogP contribution in [-0.2, 0) is 4.79 Å². The first kappa shape index (κ1) is 19.2. The number of amides is 1. The summed E-state index contributed by atoms with van der Waals surface area (Å²) in [7, 11) is 0. The molecule has 4 heterocycles. The number of nitrogens with one attached hydrogen (secondary N) is 1. The van der Waals surface area contributed by atoms with Gasteiger partial charge in [-0.3, -0.25) is 19.5 Å². The zero-order chi connectivity index (χ0) is 21.7. The van der Waals surface area contributed by atoms with Gasteiger partial charge in [0, 0.05) is 29.8 Å². The fraction of sp³-hybridized carbons (Fsp3) is 0.318. The number of likely N-dealkylation sites (tertiary alicyclic amines) is 1. The number of rotatable bonds is 3. The Kier molecular flexibility index (Phi) is 4.46. The number of benzene rings is 1. The van der Waals surface area contributed by atoms with Gasteiger partial charge in [-0.15, -0.1) is 0 Å². The number of carbonyl (C=O) groups is 1. The fourth-order valence-corrected chi connectivity index (χ4v) is 4.38. The van der Waals surface area contributed by atoms with Crippen LogP contribution in [0, 0.1) is 6.92 Å². The maximum atomic E-state index is 13.4. The molecular formula is C22H22N6O3. The van der Waals surface area contributed by atoms with Gasteiger partial charge in [0.15, 0.2) is 5.65 Å². The van der Waals surface area contributed by atoms with E-state index in [1.165, 1.54) is 15.3 Å². The summed E-state index contributed by atoms with van der Waals surface area (Å²) in [6, 6.07) is 9.52. The second-order valence-corrected chi connectivity index (χ2v) is 7.99. The Labute approximate surface area is 176 Å². The average Bonchev–Trinajstić information content (AvgIpc) is 3.40. The molecule has 4 aromatic rings. The summed E-state index contributed by atoms with van der Waals surface area (Å²) in [6.45, 7) is 4.05. The molecular weight excluding hydrogens is 396 g/mol. The second-order valence-electron chi connectivity index (χ2n) is 7.99. The molecule has 0 saturated carbocycles. The lowest BCUT2D eigenvalue weighted by molar-refractivity contribution is -0.135. The summed E-state index contributed by atoms with van der Waals surface area (Å²) in [5, 5.41) is 8.62. The molecule has 1 fully saturated rings. The first-order valence-electron chi connectivity index (χ1n) is 10.3. The molecule has 31 heavy (non-hydrogen) atoms. The molecule has 2 atom stereocenters. The van der Waals surface area contributed by atoms with Crippen LogP contribution in [0.1, 0.15) is 43.2 Å². The quantitative estimate of drug-likeness (QED) is 0.548. The SMILES string of the molecule is Cc1cc(=O)n2[nH]c([C@H]3CCCN3C(=O)[C@H](C)n3ncc4ccccc4c3=O)cc2n1. The van der Waals surface area contributed by atoms with Crippen LogP contribution >= 0.6 is 0 Å². The summed E-state index contributed by atoms with van der Waals surface area (Å²) >= 11 is 0. The average molecular weight is 418 g/mol. The zero-order valence-corrected chi connectivity index (χ0v) is 17.3. The summed E-state index contributed by atoms with van der Waals surface area (Å²) in [6.07, 6.45) is 3.21.